The van der Waals surface area contributed by atoms with Crippen molar-refractivity contribution >= 4 is 46.6 Å². The molecule has 0 bridgehead atoms. The van der Waals surface area contributed by atoms with Gasteiger partial charge in [0.15, 0.2) is 0 Å². The van der Waals surface area contributed by atoms with Crippen molar-refractivity contribution in [3.05, 3.63) is 53.6 Å². The predicted octanol–water partition coefficient (Wildman–Crippen LogP) is 3.06. The number of carbonyl (C=O) groups excluding carboxylic acids is 5. The Morgan fingerprint density at radius 3 is 2.43 bits per heavy atom. The molecule has 4 rings (SSSR count). The van der Waals surface area contributed by atoms with Crippen LogP contribution in [0.3, 0.4) is 0 Å². The van der Waals surface area contributed by atoms with Gasteiger partial charge in [0.05, 0.1) is 22.5 Å². The molecule has 37 heavy (non-hydrogen) atoms. The van der Waals surface area contributed by atoms with Gasteiger partial charge in [-0.15, -0.1) is 0 Å². The van der Waals surface area contributed by atoms with Gasteiger partial charge in [-0.3, -0.25) is 34.2 Å². The third-order valence-corrected chi connectivity index (χ3v) is 6.60. The number of amides is 5. The molecule has 5 N–H and O–H groups in total. The van der Waals surface area contributed by atoms with Crippen molar-refractivity contribution in [1.82, 2.24) is 10.2 Å². The monoisotopic (exact) mass is 505 g/mol. The van der Waals surface area contributed by atoms with Crippen LogP contribution in [-0.4, -0.2) is 47.0 Å². The van der Waals surface area contributed by atoms with E-state index in [9.17, 15) is 24.0 Å². The van der Waals surface area contributed by atoms with Gasteiger partial charge in [0.2, 0.25) is 17.7 Å². The molecule has 10 nitrogen and oxygen atoms in total. The Hall–Kier alpha value is -4.21. The first kappa shape index (κ1) is 25.9. The lowest BCUT2D eigenvalue weighted by Gasteiger charge is -2.27. The Morgan fingerprint density at radius 2 is 1.65 bits per heavy atom. The fourth-order valence-electron chi connectivity index (χ4n) is 4.65. The molecule has 1 saturated heterocycles. The lowest BCUT2D eigenvalue weighted by atomic mass is 10.0. The third-order valence-electron chi connectivity index (χ3n) is 6.60. The van der Waals surface area contributed by atoms with Crippen LogP contribution in [0, 0.1) is 0 Å². The number of piperidine rings is 1. The van der Waals surface area contributed by atoms with Gasteiger partial charge in [-0.1, -0.05) is 37.5 Å². The second-order valence-electron chi connectivity index (χ2n) is 9.26. The number of para-hydroxylation sites is 2. The number of unbranched alkanes of at least 4 members (excludes halogenated alkanes) is 4. The van der Waals surface area contributed by atoms with E-state index < -0.39 is 29.7 Å². The van der Waals surface area contributed by atoms with E-state index in [4.69, 9.17) is 5.73 Å². The summed E-state index contributed by atoms with van der Waals surface area (Å²) < 4.78 is 0. The minimum absolute atomic E-state index is 0.0527. The van der Waals surface area contributed by atoms with Crippen molar-refractivity contribution < 1.29 is 24.0 Å². The van der Waals surface area contributed by atoms with Gasteiger partial charge in [0, 0.05) is 25.1 Å². The first-order valence-corrected chi connectivity index (χ1v) is 12.6. The van der Waals surface area contributed by atoms with Crippen LogP contribution in [0.2, 0.25) is 0 Å². The number of fused-ring (bicyclic) bond motifs is 1. The number of benzene rings is 2. The Balaban J connectivity index is 1.19. The van der Waals surface area contributed by atoms with Crippen molar-refractivity contribution in [1.29, 1.82) is 0 Å². The molecule has 194 valence electrons. The molecule has 10 heteroatoms. The molecule has 0 aromatic heterocycles. The summed E-state index contributed by atoms with van der Waals surface area (Å²) in [5.41, 5.74) is 8.10. The topological polar surface area (TPSA) is 151 Å². The summed E-state index contributed by atoms with van der Waals surface area (Å²) in [6, 6.07) is 11.2. The smallest absolute Gasteiger partial charge is 0.264 e. The first-order chi connectivity index (χ1) is 17.9. The summed E-state index contributed by atoms with van der Waals surface area (Å²) in [6.45, 7) is 0.615. The molecule has 2 aromatic carbocycles. The molecule has 2 aromatic rings. The van der Waals surface area contributed by atoms with Crippen LogP contribution in [0.1, 0.15) is 72.1 Å². The van der Waals surface area contributed by atoms with Gasteiger partial charge in [-0.25, -0.2) is 0 Å². The van der Waals surface area contributed by atoms with E-state index in [1.807, 2.05) is 12.1 Å². The fourth-order valence-corrected chi connectivity index (χ4v) is 4.65. The Morgan fingerprint density at radius 1 is 0.919 bits per heavy atom. The van der Waals surface area contributed by atoms with Crippen LogP contribution in [0.15, 0.2) is 42.5 Å². The number of nitrogens with one attached hydrogen (secondary N) is 3. The second-order valence-corrected chi connectivity index (χ2v) is 9.26. The van der Waals surface area contributed by atoms with E-state index in [0.29, 0.717) is 30.0 Å². The van der Waals surface area contributed by atoms with E-state index in [0.717, 1.165) is 37.0 Å². The van der Waals surface area contributed by atoms with Gasteiger partial charge in [0.1, 0.15) is 6.04 Å². The number of hydrogen-bond donors (Lipinski definition) is 4. The van der Waals surface area contributed by atoms with E-state index in [1.165, 1.54) is 0 Å². The summed E-state index contributed by atoms with van der Waals surface area (Å²) in [5, 5.41) is 8.28. The van der Waals surface area contributed by atoms with Gasteiger partial charge in [-0.2, -0.15) is 0 Å². The first-order valence-electron chi connectivity index (χ1n) is 12.6. The average molecular weight is 506 g/mol. The van der Waals surface area contributed by atoms with Crippen LogP contribution in [-0.2, 0) is 14.4 Å². The number of hydrogen-bond acceptors (Lipinski definition) is 7. The lowest BCUT2D eigenvalue weighted by molar-refractivity contribution is -0.136. The highest BCUT2D eigenvalue weighted by atomic mass is 16.2. The summed E-state index contributed by atoms with van der Waals surface area (Å²) in [7, 11) is 0. The van der Waals surface area contributed by atoms with Crippen molar-refractivity contribution in [2.75, 3.05) is 22.9 Å². The van der Waals surface area contributed by atoms with Crippen molar-refractivity contribution in [2.24, 2.45) is 0 Å². The molecule has 0 spiro atoms. The minimum Gasteiger partial charge on any atom is -0.397 e. The van der Waals surface area contributed by atoms with Crippen LogP contribution < -0.4 is 21.7 Å². The quantitative estimate of drug-likeness (QED) is 0.208. The highest BCUT2D eigenvalue weighted by Crippen LogP contribution is 2.32. The molecular weight excluding hydrogens is 474 g/mol. The predicted molar refractivity (Wildman–Crippen MR) is 139 cm³/mol. The normalized spacial score (nSPS) is 17.0. The second kappa shape index (κ2) is 11.7. The molecule has 0 saturated carbocycles. The molecule has 5 amide bonds. The molecular formula is C27H31N5O5. The number of carbonyl (C=O) groups is 5. The van der Waals surface area contributed by atoms with Crippen molar-refractivity contribution in [2.45, 2.75) is 57.4 Å². The maximum Gasteiger partial charge on any atom is 0.264 e. The summed E-state index contributed by atoms with van der Waals surface area (Å²) in [4.78, 5) is 62.8. The summed E-state index contributed by atoms with van der Waals surface area (Å²) in [5.74, 6) is -2.11. The maximum absolute atomic E-state index is 13.1. The zero-order chi connectivity index (χ0) is 26.4. The van der Waals surface area contributed by atoms with E-state index in [1.54, 1.807) is 30.3 Å². The molecule has 2 aliphatic heterocycles. The highest BCUT2D eigenvalue weighted by molar-refractivity contribution is 6.25. The number of anilines is 3. The zero-order valence-corrected chi connectivity index (χ0v) is 20.5. The standard InChI is InChI=1S/C27H31N5O5/c28-18-10-5-6-11-19(18)30-22(33)13-4-2-1-3-7-16-29-20-12-8-9-17-24(20)27(37)32(26(17)36)21-14-15-23(34)31-25(21)35/h5-6,8-12,21,29H,1-4,7,13-16,28H2,(H,30,33)(H,31,34,35). The largest absolute Gasteiger partial charge is 0.397 e. The van der Waals surface area contributed by atoms with Gasteiger partial charge < -0.3 is 16.4 Å². The highest BCUT2D eigenvalue weighted by Gasteiger charge is 2.45. The molecule has 2 aliphatic rings. The van der Waals surface area contributed by atoms with E-state index in [2.05, 4.69) is 16.0 Å². The number of rotatable bonds is 11. The van der Waals surface area contributed by atoms with Gasteiger partial charge in [0.25, 0.3) is 11.8 Å². The van der Waals surface area contributed by atoms with Crippen LogP contribution in [0.25, 0.3) is 0 Å². The van der Waals surface area contributed by atoms with Crippen LogP contribution in [0.4, 0.5) is 17.1 Å². The summed E-state index contributed by atoms with van der Waals surface area (Å²) in [6.07, 6.45) is 5.12. The molecule has 1 fully saturated rings. The van der Waals surface area contributed by atoms with Crippen LogP contribution >= 0.6 is 0 Å². The third kappa shape index (κ3) is 5.96. The Labute approximate surface area is 215 Å². The average Bonchev–Trinajstić information content (AvgIpc) is 3.13. The molecule has 2 heterocycles. The Kier molecular flexibility index (Phi) is 8.17. The Bertz CT molecular complexity index is 1230. The minimum atomic E-state index is -0.981. The maximum atomic E-state index is 13.1. The van der Waals surface area contributed by atoms with E-state index >= 15 is 0 Å². The molecule has 0 aliphatic carbocycles. The number of nitrogens with zero attached hydrogens (tertiary/aromatic N) is 1. The van der Waals surface area contributed by atoms with Crippen molar-refractivity contribution in [3.8, 4) is 0 Å². The van der Waals surface area contributed by atoms with Crippen LogP contribution in [0.5, 0.6) is 0 Å². The van der Waals surface area contributed by atoms with Crippen molar-refractivity contribution in [3.63, 3.8) is 0 Å². The SMILES string of the molecule is Nc1ccccc1NC(=O)CCCCCCCNc1cccc2c1C(=O)N(C1CCC(=O)NC1=O)C2=O. The number of nitrogen functional groups attached to an aromatic ring is 1. The molecule has 0 radical (unpaired) electrons. The fraction of sp³-hybridized carbons (Fsp3) is 0.370. The van der Waals surface area contributed by atoms with E-state index in [-0.39, 0.29) is 29.9 Å². The lowest BCUT2D eigenvalue weighted by Crippen LogP contribution is -2.54. The summed E-state index contributed by atoms with van der Waals surface area (Å²) >= 11 is 0. The number of imide groups is 2. The zero-order valence-electron chi connectivity index (χ0n) is 20.5. The van der Waals surface area contributed by atoms with Gasteiger partial charge >= 0.3 is 0 Å². The molecule has 1 atom stereocenters. The molecule has 1 unspecified atom stereocenters. The number of nitrogens with two attached hydrogens (primary N) is 1. The van der Waals surface area contributed by atoms with Gasteiger partial charge in [-0.05, 0) is 43.5 Å².